The van der Waals surface area contributed by atoms with Crippen LogP contribution in [0, 0.1) is 23.4 Å². The average molecular weight is 493 g/mol. The molecule has 1 aromatic heterocycles. The van der Waals surface area contributed by atoms with Gasteiger partial charge in [-0.3, -0.25) is 4.79 Å². The monoisotopic (exact) mass is 492 g/mol. The van der Waals surface area contributed by atoms with Crippen molar-refractivity contribution in [1.82, 2.24) is 19.2 Å². The summed E-state index contributed by atoms with van der Waals surface area (Å²) >= 11 is 0. The summed E-state index contributed by atoms with van der Waals surface area (Å²) in [7, 11) is -2.23. The topological polar surface area (TPSA) is 84.3 Å². The van der Waals surface area contributed by atoms with Crippen molar-refractivity contribution >= 4 is 15.9 Å². The minimum atomic E-state index is -4.02. The molecule has 0 aliphatic carbocycles. The van der Waals surface area contributed by atoms with Gasteiger partial charge < -0.3 is 9.88 Å². The fourth-order valence-electron chi connectivity index (χ4n) is 4.01. The number of nitrogens with one attached hydrogen (secondary N) is 1. The maximum Gasteiger partial charge on any atom is 0.243 e. The molecule has 2 aromatic carbocycles. The molecule has 0 saturated carbocycles. The lowest BCUT2D eigenvalue weighted by molar-refractivity contribution is -0.126. The van der Waals surface area contributed by atoms with E-state index < -0.39 is 39.4 Å². The fraction of sp³-hybridized carbons (Fsp3) is 0.304. The van der Waals surface area contributed by atoms with Crippen molar-refractivity contribution in [1.29, 1.82) is 0 Å². The summed E-state index contributed by atoms with van der Waals surface area (Å²) in [5.74, 6) is -2.93. The van der Waals surface area contributed by atoms with E-state index in [0.29, 0.717) is 17.5 Å². The molecule has 180 valence electrons. The molecule has 1 aliphatic heterocycles. The second-order valence-corrected chi connectivity index (χ2v) is 10.1. The van der Waals surface area contributed by atoms with Crippen molar-refractivity contribution in [2.75, 3.05) is 13.1 Å². The van der Waals surface area contributed by atoms with Gasteiger partial charge in [0.1, 0.15) is 17.7 Å². The number of carbonyl (C=O) groups excluding carboxylic acids is 1. The van der Waals surface area contributed by atoms with E-state index in [1.807, 2.05) is 0 Å². The molecule has 3 aromatic rings. The molecule has 0 spiro atoms. The predicted octanol–water partition coefficient (Wildman–Crippen LogP) is 3.14. The van der Waals surface area contributed by atoms with Crippen LogP contribution in [0.25, 0.3) is 0 Å². The first-order valence-corrected chi connectivity index (χ1v) is 12.1. The number of hydrogen-bond acceptors (Lipinski definition) is 4. The van der Waals surface area contributed by atoms with Crippen LogP contribution in [0.15, 0.2) is 59.8 Å². The maximum absolute atomic E-state index is 13.5. The van der Waals surface area contributed by atoms with Crippen molar-refractivity contribution in [2.24, 2.45) is 13.0 Å². The molecule has 1 N–H and O–H groups in total. The Bertz CT molecular complexity index is 1290. The molecule has 1 fully saturated rings. The van der Waals surface area contributed by atoms with Crippen molar-refractivity contribution in [3.8, 4) is 0 Å². The van der Waals surface area contributed by atoms with E-state index in [4.69, 9.17) is 0 Å². The minimum Gasteiger partial charge on any atom is -0.342 e. The Morgan fingerprint density at radius 2 is 1.74 bits per heavy atom. The lowest BCUT2D eigenvalue weighted by Gasteiger charge is -2.31. The molecule has 7 nitrogen and oxygen atoms in total. The number of piperidine rings is 1. The van der Waals surface area contributed by atoms with Gasteiger partial charge in [0.2, 0.25) is 15.9 Å². The van der Waals surface area contributed by atoms with Gasteiger partial charge in [0.05, 0.1) is 4.90 Å². The molecular formula is C23H23F3N4O3S. The molecule has 11 heteroatoms. The first-order chi connectivity index (χ1) is 16.2. The normalized spacial score (nSPS) is 16.4. The number of nitrogens with zero attached hydrogens (tertiary/aromatic N) is 3. The quantitative estimate of drug-likeness (QED) is 0.573. The SMILES string of the molecule is Cn1ccnc1C(NC(=O)C1CCN(S(=O)(=O)c2ccc(F)c(F)c2)CC1)c1ccc(F)cc1. The van der Waals surface area contributed by atoms with Crippen LogP contribution in [-0.2, 0) is 21.9 Å². The Balaban J connectivity index is 1.46. The van der Waals surface area contributed by atoms with E-state index >= 15 is 0 Å². The van der Waals surface area contributed by atoms with Gasteiger partial charge in [-0.2, -0.15) is 4.31 Å². The van der Waals surface area contributed by atoms with Crippen LogP contribution in [0.1, 0.15) is 30.3 Å². The van der Waals surface area contributed by atoms with Crippen LogP contribution in [0.3, 0.4) is 0 Å². The van der Waals surface area contributed by atoms with E-state index in [1.54, 1.807) is 36.1 Å². The second kappa shape index (κ2) is 9.59. The highest BCUT2D eigenvalue weighted by Gasteiger charge is 2.34. The van der Waals surface area contributed by atoms with Crippen molar-refractivity contribution < 1.29 is 26.4 Å². The first kappa shape index (κ1) is 24.0. The van der Waals surface area contributed by atoms with E-state index in [2.05, 4.69) is 10.3 Å². The number of halogens is 3. The van der Waals surface area contributed by atoms with Crippen LogP contribution < -0.4 is 5.32 Å². The van der Waals surface area contributed by atoms with Crippen LogP contribution in [0.4, 0.5) is 13.2 Å². The summed E-state index contributed by atoms with van der Waals surface area (Å²) in [6, 6.07) is 7.60. The molecule has 34 heavy (non-hydrogen) atoms. The van der Waals surface area contributed by atoms with Crippen molar-refractivity contribution in [3.05, 3.63) is 83.7 Å². The number of sulfonamides is 1. The van der Waals surface area contributed by atoms with E-state index in [-0.39, 0.29) is 36.7 Å². The zero-order valence-electron chi connectivity index (χ0n) is 18.3. The molecule has 0 bridgehead atoms. The smallest absolute Gasteiger partial charge is 0.243 e. The summed E-state index contributed by atoms with van der Waals surface area (Å²) in [5.41, 5.74) is 0.655. The van der Waals surface area contributed by atoms with E-state index in [0.717, 1.165) is 12.1 Å². The van der Waals surface area contributed by atoms with E-state index in [1.165, 1.54) is 16.4 Å². The Morgan fingerprint density at radius 1 is 1.06 bits per heavy atom. The summed E-state index contributed by atoms with van der Waals surface area (Å²) in [5, 5.41) is 2.96. The largest absolute Gasteiger partial charge is 0.342 e. The number of hydrogen-bond donors (Lipinski definition) is 1. The summed E-state index contributed by atoms with van der Waals surface area (Å²) in [4.78, 5) is 17.1. The molecular weight excluding hydrogens is 469 g/mol. The van der Waals surface area contributed by atoms with Gasteiger partial charge in [0.25, 0.3) is 0 Å². The Hall–Kier alpha value is -3.18. The second-order valence-electron chi connectivity index (χ2n) is 8.14. The van der Waals surface area contributed by atoms with Crippen LogP contribution >= 0.6 is 0 Å². The van der Waals surface area contributed by atoms with Gasteiger partial charge in [-0.25, -0.2) is 26.6 Å². The van der Waals surface area contributed by atoms with Gasteiger partial charge in [-0.15, -0.1) is 0 Å². The number of aromatic nitrogens is 2. The highest BCUT2D eigenvalue weighted by molar-refractivity contribution is 7.89. The lowest BCUT2D eigenvalue weighted by atomic mass is 9.96. The highest BCUT2D eigenvalue weighted by Crippen LogP contribution is 2.27. The van der Waals surface area contributed by atoms with E-state index in [9.17, 15) is 26.4 Å². The number of imidazole rings is 1. The molecule has 1 unspecified atom stereocenters. The van der Waals surface area contributed by atoms with Gasteiger partial charge >= 0.3 is 0 Å². The molecule has 4 rings (SSSR count). The fourth-order valence-corrected chi connectivity index (χ4v) is 5.49. The minimum absolute atomic E-state index is 0.0586. The molecule has 1 atom stereocenters. The van der Waals surface area contributed by atoms with Crippen molar-refractivity contribution in [3.63, 3.8) is 0 Å². The molecule has 1 saturated heterocycles. The van der Waals surface area contributed by atoms with Gasteiger partial charge in [0, 0.05) is 38.4 Å². The molecule has 0 radical (unpaired) electrons. The average Bonchev–Trinajstić information content (AvgIpc) is 3.25. The summed E-state index contributed by atoms with van der Waals surface area (Å²) < 4.78 is 68.7. The van der Waals surface area contributed by atoms with Crippen LogP contribution in [-0.4, -0.2) is 41.3 Å². The Kier molecular flexibility index (Phi) is 6.76. The zero-order valence-corrected chi connectivity index (χ0v) is 19.1. The van der Waals surface area contributed by atoms with Gasteiger partial charge in [0.15, 0.2) is 11.6 Å². The molecule has 2 heterocycles. The van der Waals surface area contributed by atoms with Gasteiger partial charge in [-0.1, -0.05) is 12.1 Å². The van der Waals surface area contributed by atoms with Crippen LogP contribution in [0.2, 0.25) is 0 Å². The Morgan fingerprint density at radius 3 is 2.32 bits per heavy atom. The number of aryl methyl sites for hydroxylation is 1. The summed E-state index contributed by atoms with van der Waals surface area (Å²) in [6.07, 6.45) is 3.84. The molecule has 1 amide bonds. The number of benzene rings is 2. The third kappa shape index (κ3) is 4.85. The Labute approximate surface area is 195 Å². The highest BCUT2D eigenvalue weighted by atomic mass is 32.2. The van der Waals surface area contributed by atoms with Gasteiger partial charge in [-0.05, 0) is 48.7 Å². The number of amides is 1. The third-order valence-corrected chi connectivity index (χ3v) is 7.85. The zero-order chi connectivity index (χ0) is 24.5. The first-order valence-electron chi connectivity index (χ1n) is 10.6. The third-order valence-electron chi connectivity index (χ3n) is 5.96. The van der Waals surface area contributed by atoms with Crippen molar-refractivity contribution in [2.45, 2.75) is 23.8 Å². The molecule has 1 aliphatic rings. The predicted molar refractivity (Wildman–Crippen MR) is 117 cm³/mol. The van der Waals surface area contributed by atoms with Crippen LogP contribution in [0.5, 0.6) is 0 Å². The number of carbonyl (C=O) groups is 1. The lowest BCUT2D eigenvalue weighted by Crippen LogP contribution is -2.44. The standard InChI is InChI=1S/C23H23F3N4O3S/c1-29-13-10-27-22(29)21(15-2-4-17(24)5-3-15)28-23(31)16-8-11-30(12-9-16)34(32,33)18-6-7-19(25)20(26)14-18/h2-7,10,13-14,16,21H,8-9,11-12H2,1H3,(H,28,31). The number of rotatable bonds is 6. The maximum atomic E-state index is 13.5. The summed E-state index contributed by atoms with van der Waals surface area (Å²) in [6.45, 7) is 0.117.